The minimum absolute atomic E-state index is 0.101. The molecular formula is C13H21ClN2O2S. The number of benzene rings is 1. The molecule has 19 heavy (non-hydrogen) atoms. The lowest BCUT2D eigenvalue weighted by molar-refractivity contribution is 0.410. The molecule has 1 rings (SSSR count). The lowest BCUT2D eigenvalue weighted by atomic mass is 10.1. The maximum atomic E-state index is 12.6. The molecule has 0 aromatic heterocycles. The molecule has 0 heterocycles. The molecule has 1 aromatic rings. The van der Waals surface area contributed by atoms with E-state index in [9.17, 15) is 8.42 Å². The van der Waals surface area contributed by atoms with Crippen molar-refractivity contribution in [2.75, 3.05) is 14.1 Å². The summed E-state index contributed by atoms with van der Waals surface area (Å²) in [6, 6.07) is 3.21. The van der Waals surface area contributed by atoms with Gasteiger partial charge in [0.05, 0.1) is 4.90 Å². The first-order valence-corrected chi connectivity index (χ1v) is 7.95. The summed E-state index contributed by atoms with van der Waals surface area (Å²) in [5.41, 5.74) is 1.64. The van der Waals surface area contributed by atoms with Crippen molar-refractivity contribution in [2.24, 2.45) is 0 Å². The highest BCUT2D eigenvalue weighted by molar-refractivity contribution is 7.89. The second kappa shape index (κ2) is 6.22. The van der Waals surface area contributed by atoms with E-state index in [-0.39, 0.29) is 10.9 Å². The number of nitrogens with one attached hydrogen (secondary N) is 1. The van der Waals surface area contributed by atoms with E-state index in [0.717, 1.165) is 11.1 Å². The highest BCUT2D eigenvalue weighted by atomic mass is 35.5. The number of hydrogen-bond acceptors (Lipinski definition) is 3. The summed E-state index contributed by atoms with van der Waals surface area (Å²) < 4.78 is 26.5. The maximum Gasteiger partial charge on any atom is 0.243 e. The second-order valence-corrected chi connectivity index (χ2v) is 7.24. The Kier molecular flexibility index (Phi) is 5.38. The average Bonchev–Trinajstić information content (AvgIpc) is 2.32. The second-order valence-electron chi connectivity index (χ2n) is 4.83. The Labute approximate surface area is 120 Å². The van der Waals surface area contributed by atoms with Gasteiger partial charge in [-0.05, 0) is 51.1 Å². The Morgan fingerprint density at radius 3 is 2.42 bits per heavy atom. The van der Waals surface area contributed by atoms with Gasteiger partial charge in [-0.25, -0.2) is 8.42 Å². The SMILES string of the molecule is CNCc1cc(Cl)cc(S(=O)(=O)N(C)C(C)C)c1C. The number of nitrogens with zero attached hydrogens (tertiary/aromatic N) is 1. The van der Waals surface area contributed by atoms with Crippen molar-refractivity contribution in [3.63, 3.8) is 0 Å². The molecule has 0 radical (unpaired) electrons. The predicted molar refractivity (Wildman–Crippen MR) is 79.0 cm³/mol. The van der Waals surface area contributed by atoms with E-state index in [2.05, 4.69) is 5.32 Å². The van der Waals surface area contributed by atoms with Crippen LogP contribution in [0.5, 0.6) is 0 Å². The van der Waals surface area contributed by atoms with Crippen LogP contribution >= 0.6 is 11.6 Å². The fraction of sp³-hybridized carbons (Fsp3) is 0.538. The molecule has 4 nitrogen and oxygen atoms in total. The zero-order chi connectivity index (χ0) is 14.8. The Hall–Kier alpha value is -0.620. The summed E-state index contributed by atoms with van der Waals surface area (Å²) in [4.78, 5) is 0.279. The quantitative estimate of drug-likeness (QED) is 0.909. The largest absolute Gasteiger partial charge is 0.316 e. The molecular weight excluding hydrogens is 284 g/mol. The molecule has 0 spiro atoms. The number of rotatable bonds is 5. The standard InChI is InChI=1S/C13H21ClN2O2S/c1-9(2)16(5)19(17,18)13-7-12(14)6-11(8-15-4)10(13)3/h6-7,9,15H,8H2,1-5H3. The van der Waals surface area contributed by atoms with Crippen molar-refractivity contribution >= 4 is 21.6 Å². The van der Waals surface area contributed by atoms with Gasteiger partial charge >= 0.3 is 0 Å². The monoisotopic (exact) mass is 304 g/mol. The molecule has 1 N–H and O–H groups in total. The van der Waals surface area contributed by atoms with Gasteiger partial charge in [0.2, 0.25) is 10.0 Å². The van der Waals surface area contributed by atoms with Gasteiger partial charge < -0.3 is 5.32 Å². The normalized spacial score (nSPS) is 12.4. The van der Waals surface area contributed by atoms with Crippen molar-refractivity contribution in [1.82, 2.24) is 9.62 Å². The summed E-state index contributed by atoms with van der Waals surface area (Å²) in [5, 5.41) is 3.45. The minimum atomic E-state index is -3.51. The molecule has 0 aliphatic heterocycles. The Balaban J connectivity index is 3.42. The van der Waals surface area contributed by atoms with E-state index in [1.165, 1.54) is 10.4 Å². The summed E-state index contributed by atoms with van der Waals surface area (Å²) in [5.74, 6) is 0. The van der Waals surface area contributed by atoms with Crippen LogP contribution in [0, 0.1) is 6.92 Å². The summed E-state index contributed by atoms with van der Waals surface area (Å²) in [6.07, 6.45) is 0. The average molecular weight is 305 g/mol. The molecule has 0 amide bonds. The van der Waals surface area contributed by atoms with Gasteiger partial charge in [0.15, 0.2) is 0 Å². The fourth-order valence-corrected chi connectivity index (χ4v) is 3.75. The van der Waals surface area contributed by atoms with E-state index >= 15 is 0 Å². The first kappa shape index (κ1) is 16.4. The van der Waals surface area contributed by atoms with Crippen LogP contribution in [0.15, 0.2) is 17.0 Å². The number of halogens is 1. The highest BCUT2D eigenvalue weighted by Crippen LogP contribution is 2.27. The lowest BCUT2D eigenvalue weighted by Gasteiger charge is -2.23. The molecule has 0 unspecified atom stereocenters. The molecule has 1 aromatic carbocycles. The molecule has 0 saturated carbocycles. The van der Waals surface area contributed by atoms with Crippen LogP contribution in [-0.4, -0.2) is 32.9 Å². The maximum absolute atomic E-state index is 12.6. The van der Waals surface area contributed by atoms with Gasteiger partial charge in [-0.1, -0.05) is 11.6 Å². The first-order valence-electron chi connectivity index (χ1n) is 6.13. The topological polar surface area (TPSA) is 49.4 Å². The number of sulfonamides is 1. The molecule has 108 valence electrons. The highest BCUT2D eigenvalue weighted by Gasteiger charge is 2.26. The van der Waals surface area contributed by atoms with Crippen LogP contribution in [0.1, 0.15) is 25.0 Å². The van der Waals surface area contributed by atoms with E-state index < -0.39 is 10.0 Å². The van der Waals surface area contributed by atoms with E-state index in [4.69, 9.17) is 11.6 Å². The van der Waals surface area contributed by atoms with Crippen molar-refractivity contribution < 1.29 is 8.42 Å². The lowest BCUT2D eigenvalue weighted by Crippen LogP contribution is -2.33. The van der Waals surface area contributed by atoms with Crippen molar-refractivity contribution in [3.05, 3.63) is 28.3 Å². The van der Waals surface area contributed by atoms with Crippen molar-refractivity contribution in [3.8, 4) is 0 Å². The van der Waals surface area contributed by atoms with Crippen LogP contribution < -0.4 is 5.32 Å². The van der Waals surface area contributed by atoms with Gasteiger partial charge in [0.25, 0.3) is 0 Å². The Morgan fingerprint density at radius 1 is 1.37 bits per heavy atom. The molecule has 0 bridgehead atoms. The van der Waals surface area contributed by atoms with Gasteiger partial charge in [0.1, 0.15) is 0 Å². The Morgan fingerprint density at radius 2 is 1.95 bits per heavy atom. The predicted octanol–water partition coefficient (Wildman–Crippen LogP) is 2.40. The third-order valence-corrected chi connectivity index (χ3v) is 5.56. The van der Waals surface area contributed by atoms with Gasteiger partial charge in [-0.3, -0.25) is 0 Å². The van der Waals surface area contributed by atoms with Crippen molar-refractivity contribution in [1.29, 1.82) is 0 Å². The molecule has 0 aliphatic carbocycles. The van der Waals surface area contributed by atoms with Gasteiger partial charge in [-0.15, -0.1) is 0 Å². The van der Waals surface area contributed by atoms with Crippen LogP contribution in [0.4, 0.5) is 0 Å². The Bertz CT molecular complexity index is 556. The zero-order valence-corrected chi connectivity index (χ0v) is 13.6. The smallest absolute Gasteiger partial charge is 0.243 e. The van der Waals surface area contributed by atoms with E-state index in [1.807, 2.05) is 27.8 Å². The minimum Gasteiger partial charge on any atom is -0.316 e. The van der Waals surface area contributed by atoms with E-state index in [1.54, 1.807) is 13.1 Å². The van der Waals surface area contributed by atoms with Crippen LogP contribution in [0.3, 0.4) is 0 Å². The third kappa shape index (κ3) is 3.48. The molecule has 0 saturated heterocycles. The number of hydrogen-bond donors (Lipinski definition) is 1. The molecule has 0 aliphatic rings. The first-order chi connectivity index (χ1) is 8.71. The van der Waals surface area contributed by atoms with Crippen LogP contribution in [0.25, 0.3) is 0 Å². The van der Waals surface area contributed by atoms with Gasteiger partial charge in [0, 0.05) is 24.7 Å². The summed E-state index contributed by atoms with van der Waals surface area (Å²) in [6.45, 7) is 6.07. The fourth-order valence-electron chi connectivity index (χ4n) is 1.78. The van der Waals surface area contributed by atoms with Gasteiger partial charge in [-0.2, -0.15) is 4.31 Å². The summed E-state index contributed by atoms with van der Waals surface area (Å²) >= 11 is 6.04. The van der Waals surface area contributed by atoms with Crippen LogP contribution in [-0.2, 0) is 16.6 Å². The van der Waals surface area contributed by atoms with E-state index in [0.29, 0.717) is 11.6 Å². The molecule has 0 atom stereocenters. The molecule has 0 fully saturated rings. The third-order valence-electron chi connectivity index (χ3n) is 3.18. The van der Waals surface area contributed by atoms with Crippen LogP contribution in [0.2, 0.25) is 5.02 Å². The summed E-state index contributed by atoms with van der Waals surface area (Å²) in [7, 11) is -0.115. The molecule has 6 heteroatoms. The zero-order valence-electron chi connectivity index (χ0n) is 12.0. The van der Waals surface area contributed by atoms with Crippen molar-refractivity contribution in [2.45, 2.75) is 38.3 Å².